The molecule has 5 nitrogen and oxygen atoms in total. The number of hydrogen-bond donors (Lipinski definition) is 1. The number of rotatable bonds is 6. The topological polar surface area (TPSA) is 66.5 Å². The standard InChI is InChI=1S/C22H27ClN2O3S/c1-3-21(20-9-5-4-7-16(20)2)24-22(26)17-8-6-14-25(15-17)29(27,28)19-12-10-18(23)11-13-19/h4-5,7,9-13,17,21H,3,6,8,14-15H2,1-2H3,(H,24,26). The minimum Gasteiger partial charge on any atom is -0.349 e. The Bertz CT molecular complexity index is 960. The Kier molecular flexibility index (Phi) is 6.98. The van der Waals surface area contributed by atoms with Crippen LogP contribution >= 0.6 is 11.6 Å². The first-order chi connectivity index (χ1) is 13.8. The summed E-state index contributed by atoms with van der Waals surface area (Å²) < 4.78 is 27.3. The Hall–Kier alpha value is -1.89. The molecule has 1 N–H and O–H groups in total. The summed E-state index contributed by atoms with van der Waals surface area (Å²) in [6, 6.07) is 14.1. The van der Waals surface area contributed by atoms with Crippen molar-refractivity contribution in [1.29, 1.82) is 0 Å². The molecule has 156 valence electrons. The van der Waals surface area contributed by atoms with Gasteiger partial charge in [-0.1, -0.05) is 42.8 Å². The molecule has 0 saturated carbocycles. The first-order valence-corrected chi connectivity index (χ1v) is 11.8. The number of nitrogens with one attached hydrogen (secondary N) is 1. The van der Waals surface area contributed by atoms with Crippen LogP contribution in [-0.4, -0.2) is 31.7 Å². The number of amides is 1. The number of carbonyl (C=O) groups excluding carboxylic acids is 1. The van der Waals surface area contributed by atoms with Crippen LogP contribution in [0.3, 0.4) is 0 Å². The van der Waals surface area contributed by atoms with Crippen LogP contribution < -0.4 is 5.32 Å². The Morgan fingerprint density at radius 1 is 1.21 bits per heavy atom. The average molecular weight is 435 g/mol. The monoisotopic (exact) mass is 434 g/mol. The van der Waals surface area contributed by atoms with Crippen LogP contribution in [0.5, 0.6) is 0 Å². The summed E-state index contributed by atoms with van der Waals surface area (Å²) >= 11 is 5.87. The van der Waals surface area contributed by atoms with Gasteiger partial charge in [-0.2, -0.15) is 4.31 Å². The first-order valence-electron chi connectivity index (χ1n) is 9.94. The summed E-state index contributed by atoms with van der Waals surface area (Å²) in [7, 11) is -3.64. The number of halogens is 1. The zero-order valence-electron chi connectivity index (χ0n) is 16.8. The molecule has 1 aliphatic heterocycles. The lowest BCUT2D eigenvalue weighted by molar-refractivity contribution is -0.126. The maximum Gasteiger partial charge on any atom is 0.243 e. The maximum atomic E-state index is 13.0. The van der Waals surface area contributed by atoms with Crippen LogP contribution in [0, 0.1) is 12.8 Å². The van der Waals surface area contributed by atoms with Crippen molar-refractivity contribution in [3.05, 3.63) is 64.7 Å². The van der Waals surface area contributed by atoms with Crippen molar-refractivity contribution in [2.24, 2.45) is 5.92 Å². The van der Waals surface area contributed by atoms with Crippen LogP contribution in [0.15, 0.2) is 53.4 Å². The lowest BCUT2D eigenvalue weighted by atomic mass is 9.95. The molecule has 7 heteroatoms. The highest BCUT2D eigenvalue weighted by Crippen LogP contribution is 2.26. The van der Waals surface area contributed by atoms with Crippen molar-refractivity contribution in [3.8, 4) is 0 Å². The highest BCUT2D eigenvalue weighted by molar-refractivity contribution is 7.89. The molecule has 29 heavy (non-hydrogen) atoms. The fourth-order valence-corrected chi connectivity index (χ4v) is 5.45. The van der Waals surface area contributed by atoms with Gasteiger partial charge in [0.1, 0.15) is 0 Å². The first kappa shape index (κ1) is 21.8. The zero-order valence-corrected chi connectivity index (χ0v) is 18.3. The lowest BCUT2D eigenvalue weighted by Gasteiger charge is -2.32. The zero-order chi connectivity index (χ0) is 21.0. The molecule has 1 saturated heterocycles. The molecule has 0 aromatic heterocycles. The number of carbonyl (C=O) groups is 1. The average Bonchev–Trinajstić information content (AvgIpc) is 2.73. The summed E-state index contributed by atoms with van der Waals surface area (Å²) in [4.78, 5) is 13.2. The fraction of sp³-hybridized carbons (Fsp3) is 0.409. The minimum absolute atomic E-state index is 0.0769. The molecule has 0 radical (unpaired) electrons. The molecule has 0 spiro atoms. The maximum absolute atomic E-state index is 13.0. The number of piperidine rings is 1. The van der Waals surface area contributed by atoms with Crippen molar-refractivity contribution < 1.29 is 13.2 Å². The second-order valence-corrected chi connectivity index (χ2v) is 9.86. The Balaban J connectivity index is 1.72. The largest absolute Gasteiger partial charge is 0.349 e. The Labute approximate surface area is 178 Å². The molecule has 0 aliphatic carbocycles. The van der Waals surface area contributed by atoms with Gasteiger partial charge in [0.2, 0.25) is 15.9 Å². The van der Waals surface area contributed by atoms with E-state index in [9.17, 15) is 13.2 Å². The van der Waals surface area contributed by atoms with Gasteiger partial charge in [-0.3, -0.25) is 4.79 Å². The molecular weight excluding hydrogens is 408 g/mol. The van der Waals surface area contributed by atoms with Crippen LogP contribution in [0.2, 0.25) is 5.02 Å². The van der Waals surface area contributed by atoms with Crippen molar-refractivity contribution in [2.75, 3.05) is 13.1 Å². The molecule has 2 aromatic rings. The van der Waals surface area contributed by atoms with E-state index in [1.54, 1.807) is 12.1 Å². The van der Waals surface area contributed by atoms with Crippen LogP contribution in [-0.2, 0) is 14.8 Å². The molecule has 1 amide bonds. The quantitative estimate of drug-likeness (QED) is 0.736. The molecule has 1 heterocycles. The van der Waals surface area contributed by atoms with E-state index < -0.39 is 10.0 Å². The van der Waals surface area contributed by atoms with E-state index in [1.165, 1.54) is 16.4 Å². The highest BCUT2D eigenvalue weighted by Gasteiger charge is 2.34. The number of benzene rings is 2. The van der Waals surface area contributed by atoms with Gasteiger partial charge in [0.15, 0.2) is 0 Å². The third kappa shape index (κ3) is 5.00. The van der Waals surface area contributed by atoms with Crippen LogP contribution in [0.1, 0.15) is 43.4 Å². The van der Waals surface area contributed by atoms with Gasteiger partial charge in [-0.05, 0) is 61.6 Å². The highest BCUT2D eigenvalue weighted by atomic mass is 35.5. The molecule has 0 bridgehead atoms. The lowest BCUT2D eigenvalue weighted by Crippen LogP contribution is -2.46. The number of hydrogen-bond acceptors (Lipinski definition) is 3. The van der Waals surface area contributed by atoms with Gasteiger partial charge >= 0.3 is 0 Å². The van der Waals surface area contributed by atoms with Crippen LogP contribution in [0.25, 0.3) is 0 Å². The van der Waals surface area contributed by atoms with Gasteiger partial charge in [-0.25, -0.2) is 8.42 Å². The summed E-state index contributed by atoms with van der Waals surface area (Å²) in [6.45, 7) is 4.69. The van der Waals surface area contributed by atoms with E-state index in [2.05, 4.69) is 5.32 Å². The number of sulfonamides is 1. The second-order valence-electron chi connectivity index (χ2n) is 7.48. The van der Waals surface area contributed by atoms with E-state index in [0.29, 0.717) is 24.4 Å². The van der Waals surface area contributed by atoms with Crippen molar-refractivity contribution in [1.82, 2.24) is 9.62 Å². The molecule has 2 aromatic carbocycles. The summed E-state index contributed by atoms with van der Waals surface area (Å²) in [5.41, 5.74) is 2.24. The van der Waals surface area contributed by atoms with E-state index in [-0.39, 0.29) is 29.3 Å². The minimum atomic E-state index is -3.64. The molecule has 2 unspecified atom stereocenters. The van der Waals surface area contributed by atoms with E-state index in [0.717, 1.165) is 17.5 Å². The number of aryl methyl sites for hydroxylation is 1. The number of nitrogens with zero attached hydrogens (tertiary/aromatic N) is 1. The van der Waals surface area contributed by atoms with E-state index >= 15 is 0 Å². The molecular formula is C22H27ClN2O3S. The van der Waals surface area contributed by atoms with Crippen molar-refractivity contribution >= 4 is 27.5 Å². The smallest absolute Gasteiger partial charge is 0.243 e. The predicted octanol–water partition coefficient (Wildman–Crippen LogP) is 4.32. The van der Waals surface area contributed by atoms with Gasteiger partial charge in [-0.15, -0.1) is 0 Å². The summed E-state index contributed by atoms with van der Waals surface area (Å²) in [5.74, 6) is -0.444. The van der Waals surface area contributed by atoms with Gasteiger partial charge in [0, 0.05) is 18.1 Å². The van der Waals surface area contributed by atoms with E-state index in [1.807, 2.05) is 38.1 Å². The molecule has 1 fully saturated rings. The third-order valence-corrected chi connectivity index (χ3v) is 7.63. The Morgan fingerprint density at radius 2 is 1.90 bits per heavy atom. The Morgan fingerprint density at radius 3 is 2.55 bits per heavy atom. The summed E-state index contributed by atoms with van der Waals surface area (Å²) in [5, 5.41) is 3.62. The fourth-order valence-electron chi connectivity index (χ4n) is 3.80. The second kappa shape index (κ2) is 9.28. The van der Waals surface area contributed by atoms with Crippen molar-refractivity contribution in [2.45, 2.75) is 44.0 Å². The SMILES string of the molecule is CCC(NC(=O)C1CCCN(S(=O)(=O)c2ccc(Cl)cc2)C1)c1ccccc1C. The molecule has 3 rings (SSSR count). The van der Waals surface area contributed by atoms with E-state index in [4.69, 9.17) is 11.6 Å². The van der Waals surface area contributed by atoms with Gasteiger partial charge in [0.25, 0.3) is 0 Å². The summed E-state index contributed by atoms with van der Waals surface area (Å²) in [6.07, 6.45) is 2.12. The van der Waals surface area contributed by atoms with Gasteiger partial charge in [0.05, 0.1) is 16.9 Å². The predicted molar refractivity (Wildman–Crippen MR) is 115 cm³/mol. The normalized spacial score (nSPS) is 18.9. The third-order valence-electron chi connectivity index (χ3n) is 5.49. The van der Waals surface area contributed by atoms with Crippen molar-refractivity contribution in [3.63, 3.8) is 0 Å². The van der Waals surface area contributed by atoms with Crippen LogP contribution in [0.4, 0.5) is 0 Å². The molecule has 1 aliphatic rings. The van der Waals surface area contributed by atoms with Gasteiger partial charge < -0.3 is 5.32 Å². The molecule has 2 atom stereocenters.